The van der Waals surface area contributed by atoms with Crippen LogP contribution in [0.3, 0.4) is 0 Å². The second-order valence-corrected chi connectivity index (χ2v) is 4.63. The van der Waals surface area contributed by atoms with Crippen LogP contribution in [-0.4, -0.2) is 26.2 Å². The first-order chi connectivity index (χ1) is 10.1. The maximum atomic E-state index is 11.0. The first kappa shape index (κ1) is 13.0. The fourth-order valence-electron chi connectivity index (χ4n) is 2.13. The maximum Gasteiger partial charge on any atom is 0.335 e. The number of aryl methyl sites for hydroxylation is 2. The van der Waals surface area contributed by atoms with E-state index in [9.17, 15) is 4.79 Å². The summed E-state index contributed by atoms with van der Waals surface area (Å²) in [5.74, 6) is -0.375. The van der Waals surface area contributed by atoms with Gasteiger partial charge in [0.25, 0.3) is 5.71 Å². The summed E-state index contributed by atoms with van der Waals surface area (Å²) >= 11 is 0. The number of carboxylic acid groups (broad SMARTS) is 1. The Labute approximate surface area is 119 Å². The van der Waals surface area contributed by atoms with Gasteiger partial charge in [-0.3, -0.25) is 0 Å². The number of anilines is 2. The molecule has 0 amide bonds. The molecule has 0 aliphatic rings. The largest absolute Gasteiger partial charge is 0.478 e. The fourth-order valence-corrected chi connectivity index (χ4v) is 2.13. The Balaban J connectivity index is 2.01. The average molecular weight is 284 g/mol. The lowest BCUT2D eigenvalue weighted by atomic mass is 10.1. The van der Waals surface area contributed by atoms with E-state index < -0.39 is 5.97 Å². The minimum Gasteiger partial charge on any atom is -0.478 e. The summed E-state index contributed by atoms with van der Waals surface area (Å²) in [5, 5.41) is 16.7. The Morgan fingerprint density at radius 2 is 2.10 bits per heavy atom. The van der Waals surface area contributed by atoms with Gasteiger partial charge >= 0.3 is 5.97 Å². The quantitative estimate of drug-likeness (QED) is 0.762. The summed E-state index contributed by atoms with van der Waals surface area (Å²) in [6, 6.07) is 4.99. The van der Waals surface area contributed by atoms with Gasteiger partial charge in [-0.25, -0.2) is 9.78 Å². The molecule has 0 radical (unpaired) electrons. The highest BCUT2D eigenvalue weighted by molar-refractivity contribution is 5.91. The van der Waals surface area contributed by atoms with Gasteiger partial charge in [-0.2, -0.15) is 4.98 Å². The third-order valence-corrected chi connectivity index (χ3v) is 3.16. The van der Waals surface area contributed by atoms with Crippen molar-refractivity contribution < 1.29 is 14.4 Å². The van der Waals surface area contributed by atoms with Crippen molar-refractivity contribution in [1.29, 1.82) is 0 Å². The molecule has 2 heterocycles. The minimum absolute atomic E-state index is 0.273. The average Bonchev–Trinajstić information content (AvgIpc) is 2.81. The van der Waals surface area contributed by atoms with Crippen LogP contribution in [0.5, 0.6) is 0 Å². The minimum atomic E-state index is -0.946. The van der Waals surface area contributed by atoms with Gasteiger partial charge in [0.1, 0.15) is 17.5 Å². The van der Waals surface area contributed by atoms with E-state index in [1.807, 2.05) is 0 Å². The van der Waals surface area contributed by atoms with Gasteiger partial charge in [0.2, 0.25) is 0 Å². The van der Waals surface area contributed by atoms with E-state index in [0.717, 1.165) is 5.69 Å². The van der Waals surface area contributed by atoms with Gasteiger partial charge in [-0.15, -0.1) is 0 Å². The van der Waals surface area contributed by atoms with Gasteiger partial charge in [0.15, 0.2) is 0 Å². The van der Waals surface area contributed by atoms with Crippen LogP contribution in [0.2, 0.25) is 0 Å². The number of aromatic nitrogens is 3. The number of carbonyl (C=O) groups is 1. The predicted octanol–water partition coefficient (Wildman–Crippen LogP) is 2.68. The molecule has 0 spiro atoms. The molecular weight excluding hydrogens is 272 g/mol. The second kappa shape index (κ2) is 4.86. The van der Waals surface area contributed by atoms with Crippen molar-refractivity contribution in [2.24, 2.45) is 0 Å². The Hall–Kier alpha value is -2.96. The molecule has 3 aromatic rings. The Bertz CT molecular complexity index is 841. The monoisotopic (exact) mass is 284 g/mol. The fraction of sp³-hybridized carbons (Fsp3) is 0.143. The smallest absolute Gasteiger partial charge is 0.335 e. The van der Waals surface area contributed by atoms with Crippen molar-refractivity contribution in [2.75, 3.05) is 5.32 Å². The van der Waals surface area contributed by atoms with Crippen LogP contribution in [0.1, 0.15) is 21.6 Å². The van der Waals surface area contributed by atoms with Crippen molar-refractivity contribution in [2.45, 2.75) is 13.8 Å². The van der Waals surface area contributed by atoms with Gasteiger partial charge in [-0.05, 0) is 37.6 Å². The number of nitrogens with one attached hydrogen (secondary N) is 1. The summed E-state index contributed by atoms with van der Waals surface area (Å²) in [6.45, 7) is 3.55. The SMILES string of the molecule is Cc1cc(Nc2ncnc3onc(C)c23)ccc1C(=O)O. The third kappa shape index (κ3) is 2.29. The molecule has 0 fully saturated rings. The van der Waals surface area contributed by atoms with Crippen molar-refractivity contribution in [3.05, 3.63) is 41.3 Å². The normalized spacial score (nSPS) is 10.8. The van der Waals surface area contributed by atoms with E-state index in [4.69, 9.17) is 9.63 Å². The number of fused-ring (bicyclic) bond motifs is 1. The first-order valence-corrected chi connectivity index (χ1v) is 6.24. The van der Waals surface area contributed by atoms with Crippen molar-refractivity contribution >= 4 is 28.6 Å². The second-order valence-electron chi connectivity index (χ2n) is 4.63. The van der Waals surface area contributed by atoms with E-state index in [2.05, 4.69) is 20.4 Å². The summed E-state index contributed by atoms with van der Waals surface area (Å²) in [4.78, 5) is 19.2. The zero-order valence-corrected chi connectivity index (χ0v) is 11.4. The lowest BCUT2D eigenvalue weighted by molar-refractivity contribution is 0.0696. The summed E-state index contributed by atoms with van der Waals surface area (Å²) in [7, 11) is 0. The van der Waals surface area contributed by atoms with E-state index in [0.29, 0.717) is 28.2 Å². The number of hydrogen-bond acceptors (Lipinski definition) is 6. The van der Waals surface area contributed by atoms with E-state index in [-0.39, 0.29) is 5.56 Å². The molecule has 0 unspecified atom stereocenters. The first-order valence-electron chi connectivity index (χ1n) is 6.24. The van der Waals surface area contributed by atoms with Crippen molar-refractivity contribution in [3.8, 4) is 0 Å². The van der Waals surface area contributed by atoms with Crippen LogP contribution in [0.15, 0.2) is 29.0 Å². The molecule has 1 aromatic carbocycles. The Morgan fingerprint density at radius 3 is 2.81 bits per heavy atom. The molecule has 2 aromatic heterocycles. The summed E-state index contributed by atoms with van der Waals surface area (Å²) < 4.78 is 5.08. The number of hydrogen-bond donors (Lipinski definition) is 2. The molecule has 0 aliphatic carbocycles. The van der Waals surface area contributed by atoms with E-state index in [1.54, 1.807) is 32.0 Å². The predicted molar refractivity (Wildman–Crippen MR) is 75.8 cm³/mol. The standard InChI is InChI=1S/C14H12N4O3/c1-7-5-9(3-4-10(7)14(19)20)17-12-11-8(2)18-21-13(11)16-6-15-12/h3-6H,1-2H3,(H,19,20)(H,15,16,17). The van der Waals surface area contributed by atoms with Gasteiger partial charge in [0.05, 0.1) is 11.3 Å². The number of benzene rings is 1. The number of carboxylic acids is 1. The Kier molecular flexibility index (Phi) is 3.02. The van der Waals surface area contributed by atoms with Crippen LogP contribution in [-0.2, 0) is 0 Å². The van der Waals surface area contributed by atoms with Gasteiger partial charge in [0, 0.05) is 5.69 Å². The van der Waals surface area contributed by atoms with Crippen LogP contribution in [0, 0.1) is 13.8 Å². The zero-order chi connectivity index (χ0) is 15.0. The molecule has 0 bridgehead atoms. The van der Waals surface area contributed by atoms with Gasteiger partial charge < -0.3 is 14.9 Å². The highest BCUT2D eigenvalue weighted by atomic mass is 16.5. The lowest BCUT2D eigenvalue weighted by Gasteiger charge is -2.08. The molecule has 3 rings (SSSR count). The summed E-state index contributed by atoms with van der Waals surface area (Å²) in [5.41, 5.74) is 2.77. The molecule has 7 nitrogen and oxygen atoms in total. The third-order valence-electron chi connectivity index (χ3n) is 3.16. The lowest BCUT2D eigenvalue weighted by Crippen LogP contribution is -2.01. The summed E-state index contributed by atoms with van der Waals surface area (Å²) in [6.07, 6.45) is 1.38. The van der Waals surface area contributed by atoms with Crippen molar-refractivity contribution in [3.63, 3.8) is 0 Å². The highest BCUT2D eigenvalue weighted by Gasteiger charge is 2.13. The number of nitrogens with zero attached hydrogens (tertiary/aromatic N) is 3. The van der Waals surface area contributed by atoms with E-state index in [1.165, 1.54) is 6.33 Å². The molecule has 106 valence electrons. The Morgan fingerprint density at radius 1 is 1.29 bits per heavy atom. The molecule has 0 atom stereocenters. The number of rotatable bonds is 3. The van der Waals surface area contributed by atoms with Crippen LogP contribution >= 0.6 is 0 Å². The number of aromatic carboxylic acids is 1. The van der Waals surface area contributed by atoms with Crippen molar-refractivity contribution in [1.82, 2.24) is 15.1 Å². The molecule has 0 saturated carbocycles. The van der Waals surface area contributed by atoms with Crippen LogP contribution < -0.4 is 5.32 Å². The molecule has 0 aliphatic heterocycles. The van der Waals surface area contributed by atoms with Gasteiger partial charge in [-0.1, -0.05) is 5.16 Å². The van der Waals surface area contributed by atoms with Crippen LogP contribution in [0.25, 0.3) is 11.1 Å². The molecular formula is C14H12N4O3. The molecule has 7 heteroatoms. The highest BCUT2D eigenvalue weighted by Crippen LogP contribution is 2.26. The maximum absolute atomic E-state index is 11.0. The topological polar surface area (TPSA) is 101 Å². The van der Waals surface area contributed by atoms with Crippen LogP contribution in [0.4, 0.5) is 11.5 Å². The molecule has 2 N–H and O–H groups in total. The zero-order valence-electron chi connectivity index (χ0n) is 11.4. The van der Waals surface area contributed by atoms with E-state index >= 15 is 0 Å². The molecule has 0 saturated heterocycles. The molecule has 21 heavy (non-hydrogen) atoms.